The average molecular weight is 447 g/mol. The van der Waals surface area contributed by atoms with Gasteiger partial charge in [-0.2, -0.15) is 0 Å². The molecule has 1 aliphatic rings. The van der Waals surface area contributed by atoms with Gasteiger partial charge in [0.2, 0.25) is 0 Å². The highest BCUT2D eigenvalue weighted by molar-refractivity contribution is 7.10. The van der Waals surface area contributed by atoms with Crippen LogP contribution in [0, 0.1) is 0 Å². The number of benzene rings is 2. The second-order valence-corrected chi connectivity index (χ2v) is 9.09. The molecule has 1 aliphatic heterocycles. The molecular weight excluding hydrogens is 420 g/mol. The molecule has 3 heterocycles. The van der Waals surface area contributed by atoms with Crippen LogP contribution < -0.4 is 9.47 Å². The molecule has 5 nitrogen and oxygen atoms in total. The second-order valence-electron chi connectivity index (χ2n) is 8.14. The zero-order valence-electron chi connectivity index (χ0n) is 18.5. The summed E-state index contributed by atoms with van der Waals surface area (Å²) in [4.78, 5) is 17.2. The SMILES string of the molecule is COc1ccc(CC2c3sccc3CCN2C(=O)c2cn(C)c3ccccc23)cc1OC. The highest BCUT2D eigenvalue weighted by atomic mass is 32.1. The average Bonchev–Trinajstić information content (AvgIpc) is 3.44. The van der Waals surface area contributed by atoms with E-state index in [1.807, 2.05) is 48.1 Å². The first-order chi connectivity index (χ1) is 15.6. The Morgan fingerprint density at radius 1 is 1.09 bits per heavy atom. The van der Waals surface area contributed by atoms with E-state index in [9.17, 15) is 4.79 Å². The molecule has 0 saturated heterocycles. The van der Waals surface area contributed by atoms with Crippen LogP contribution in [0.15, 0.2) is 60.1 Å². The van der Waals surface area contributed by atoms with E-state index < -0.39 is 0 Å². The first-order valence-electron chi connectivity index (χ1n) is 10.7. The van der Waals surface area contributed by atoms with E-state index in [1.165, 1.54) is 10.4 Å². The van der Waals surface area contributed by atoms with E-state index in [1.54, 1.807) is 25.6 Å². The zero-order valence-corrected chi connectivity index (χ0v) is 19.3. The lowest BCUT2D eigenvalue weighted by Gasteiger charge is -2.36. The smallest absolute Gasteiger partial charge is 0.256 e. The minimum Gasteiger partial charge on any atom is -0.493 e. The zero-order chi connectivity index (χ0) is 22.2. The summed E-state index contributed by atoms with van der Waals surface area (Å²) in [6.45, 7) is 0.712. The standard InChI is InChI=1S/C26H26N2O3S/c1-27-16-20(19-6-4-5-7-21(19)27)26(29)28-12-10-18-11-13-32-25(18)22(28)14-17-8-9-23(30-2)24(15-17)31-3/h4-9,11,13,15-16,22H,10,12,14H2,1-3H3. The van der Waals surface area contributed by atoms with Crippen molar-refractivity contribution < 1.29 is 14.3 Å². The van der Waals surface area contributed by atoms with Gasteiger partial charge in [0.25, 0.3) is 5.91 Å². The lowest BCUT2D eigenvalue weighted by Crippen LogP contribution is -2.40. The van der Waals surface area contributed by atoms with Crippen molar-refractivity contribution in [1.29, 1.82) is 0 Å². The van der Waals surface area contributed by atoms with E-state index in [-0.39, 0.29) is 11.9 Å². The summed E-state index contributed by atoms with van der Waals surface area (Å²) in [6, 6.07) is 16.3. The highest BCUT2D eigenvalue weighted by Gasteiger charge is 2.33. The van der Waals surface area contributed by atoms with Crippen LogP contribution in [0.5, 0.6) is 11.5 Å². The number of methoxy groups -OCH3 is 2. The quantitative estimate of drug-likeness (QED) is 0.421. The number of hydrogen-bond acceptors (Lipinski definition) is 4. The Labute approximate surface area is 191 Å². The van der Waals surface area contributed by atoms with Gasteiger partial charge in [0, 0.05) is 35.6 Å². The van der Waals surface area contributed by atoms with Crippen LogP contribution >= 0.6 is 11.3 Å². The molecule has 0 aliphatic carbocycles. The highest BCUT2D eigenvalue weighted by Crippen LogP contribution is 2.39. The topological polar surface area (TPSA) is 43.7 Å². The minimum atomic E-state index is -0.0108. The molecule has 0 saturated carbocycles. The number of aryl methyl sites for hydroxylation is 1. The summed E-state index contributed by atoms with van der Waals surface area (Å²) in [5, 5.41) is 3.14. The number of ether oxygens (including phenoxy) is 2. The van der Waals surface area contributed by atoms with Crippen molar-refractivity contribution in [2.75, 3.05) is 20.8 Å². The third kappa shape index (κ3) is 3.45. The summed E-state index contributed by atoms with van der Waals surface area (Å²) in [5.41, 5.74) is 4.30. The Kier molecular flexibility index (Phi) is 5.39. The maximum Gasteiger partial charge on any atom is 0.256 e. The van der Waals surface area contributed by atoms with E-state index in [0.717, 1.165) is 34.9 Å². The predicted molar refractivity (Wildman–Crippen MR) is 128 cm³/mol. The number of carbonyl (C=O) groups excluding carboxylic acids is 1. The van der Waals surface area contributed by atoms with Crippen molar-refractivity contribution in [3.63, 3.8) is 0 Å². The number of hydrogen-bond donors (Lipinski definition) is 0. The third-order valence-corrected chi connectivity index (χ3v) is 7.41. The fraction of sp³-hybridized carbons (Fsp3) is 0.269. The van der Waals surface area contributed by atoms with Crippen molar-refractivity contribution in [3.8, 4) is 11.5 Å². The van der Waals surface area contributed by atoms with Crippen LogP contribution in [0.2, 0.25) is 0 Å². The Balaban J connectivity index is 1.53. The van der Waals surface area contributed by atoms with Crippen LogP contribution in [0.3, 0.4) is 0 Å². The van der Waals surface area contributed by atoms with Gasteiger partial charge in [0.05, 0.1) is 25.8 Å². The molecule has 0 bridgehead atoms. The van der Waals surface area contributed by atoms with Gasteiger partial charge in [0.1, 0.15) is 0 Å². The van der Waals surface area contributed by atoms with Gasteiger partial charge < -0.3 is 18.9 Å². The van der Waals surface area contributed by atoms with Gasteiger partial charge in [-0.1, -0.05) is 24.3 Å². The molecule has 2 aromatic carbocycles. The van der Waals surface area contributed by atoms with Gasteiger partial charge >= 0.3 is 0 Å². The molecule has 0 radical (unpaired) electrons. The lowest BCUT2D eigenvalue weighted by molar-refractivity contribution is 0.0666. The molecule has 32 heavy (non-hydrogen) atoms. The fourth-order valence-electron chi connectivity index (χ4n) is 4.73. The van der Waals surface area contributed by atoms with Crippen molar-refractivity contribution in [2.24, 2.45) is 7.05 Å². The summed E-state index contributed by atoms with van der Waals surface area (Å²) in [6.07, 6.45) is 3.58. The van der Waals surface area contributed by atoms with Gasteiger partial charge in [0.15, 0.2) is 11.5 Å². The Hall–Kier alpha value is -3.25. The summed E-state index contributed by atoms with van der Waals surface area (Å²) < 4.78 is 12.9. The number of fused-ring (bicyclic) bond motifs is 2. The van der Waals surface area contributed by atoms with Crippen molar-refractivity contribution in [2.45, 2.75) is 18.9 Å². The normalized spacial score (nSPS) is 15.6. The van der Waals surface area contributed by atoms with Crippen LogP contribution in [-0.4, -0.2) is 36.1 Å². The maximum absolute atomic E-state index is 13.9. The van der Waals surface area contributed by atoms with Gasteiger partial charge in [-0.15, -0.1) is 11.3 Å². The van der Waals surface area contributed by atoms with E-state index in [0.29, 0.717) is 18.0 Å². The van der Waals surface area contributed by atoms with Crippen molar-refractivity contribution in [3.05, 3.63) is 81.7 Å². The van der Waals surface area contributed by atoms with E-state index in [2.05, 4.69) is 28.5 Å². The minimum absolute atomic E-state index is 0.0108. The Bertz CT molecular complexity index is 1290. The molecule has 5 rings (SSSR count). The molecule has 2 aromatic heterocycles. The van der Waals surface area contributed by atoms with Crippen LogP contribution in [0.25, 0.3) is 10.9 Å². The van der Waals surface area contributed by atoms with Crippen LogP contribution in [0.1, 0.15) is 32.4 Å². The number of rotatable bonds is 5. The monoisotopic (exact) mass is 446 g/mol. The lowest BCUT2D eigenvalue weighted by atomic mass is 9.94. The number of nitrogens with zero attached hydrogens (tertiary/aromatic N) is 2. The first-order valence-corrected chi connectivity index (χ1v) is 11.6. The fourth-order valence-corrected chi connectivity index (χ4v) is 5.80. The molecular formula is C26H26N2O3S. The third-order valence-electron chi connectivity index (χ3n) is 6.35. The summed E-state index contributed by atoms with van der Waals surface area (Å²) >= 11 is 1.74. The summed E-state index contributed by atoms with van der Waals surface area (Å²) in [7, 11) is 5.28. The molecule has 0 N–H and O–H groups in total. The number of aromatic nitrogens is 1. The van der Waals surface area contributed by atoms with Gasteiger partial charge in [-0.3, -0.25) is 4.79 Å². The maximum atomic E-state index is 13.9. The van der Waals surface area contributed by atoms with E-state index in [4.69, 9.17) is 9.47 Å². The number of thiophene rings is 1. The van der Waals surface area contributed by atoms with Crippen molar-refractivity contribution in [1.82, 2.24) is 9.47 Å². The molecule has 6 heteroatoms. The number of para-hydroxylation sites is 1. The van der Waals surface area contributed by atoms with Gasteiger partial charge in [-0.05, 0) is 53.6 Å². The molecule has 0 fully saturated rings. The first kappa shape index (κ1) is 20.6. The molecule has 164 valence electrons. The van der Waals surface area contributed by atoms with Gasteiger partial charge in [-0.25, -0.2) is 0 Å². The van der Waals surface area contributed by atoms with Crippen LogP contribution in [-0.2, 0) is 19.9 Å². The second kappa shape index (κ2) is 8.36. The van der Waals surface area contributed by atoms with Crippen molar-refractivity contribution >= 4 is 28.1 Å². The largest absolute Gasteiger partial charge is 0.493 e. The molecule has 1 unspecified atom stereocenters. The molecule has 1 atom stereocenters. The Morgan fingerprint density at radius 3 is 2.72 bits per heavy atom. The van der Waals surface area contributed by atoms with Crippen LogP contribution in [0.4, 0.5) is 0 Å². The molecule has 1 amide bonds. The van der Waals surface area contributed by atoms with E-state index >= 15 is 0 Å². The molecule has 4 aromatic rings. The number of carbonyl (C=O) groups is 1. The summed E-state index contributed by atoms with van der Waals surface area (Å²) in [5.74, 6) is 1.51. The molecule has 0 spiro atoms. The predicted octanol–water partition coefficient (Wildman–Crippen LogP) is 5.24. The Morgan fingerprint density at radius 2 is 1.91 bits per heavy atom. The number of amides is 1.